The third kappa shape index (κ3) is 1.12. The van der Waals surface area contributed by atoms with Gasteiger partial charge in [-0.25, -0.2) is 14.2 Å². The fraction of sp³-hybridized carbons (Fsp3) is 0.125. The minimum absolute atomic E-state index is 0.00287. The Morgan fingerprint density at radius 2 is 2.36 bits per heavy atom. The summed E-state index contributed by atoms with van der Waals surface area (Å²) in [7, 11) is 0. The summed E-state index contributed by atoms with van der Waals surface area (Å²) >= 11 is 1.19. The second-order valence-corrected chi connectivity index (χ2v) is 3.89. The zero-order valence-electron chi connectivity index (χ0n) is 7.22. The maximum absolute atomic E-state index is 11.4. The smallest absolute Gasteiger partial charge is 0.354 e. The lowest BCUT2D eigenvalue weighted by molar-refractivity contribution is 0.0688. The first-order chi connectivity index (χ1) is 6.61. The van der Waals surface area contributed by atoms with E-state index in [0.717, 1.165) is 4.40 Å². The largest absolute Gasteiger partial charge is 0.477 e. The number of carbonyl (C=O) groups is 1. The van der Waals surface area contributed by atoms with Crippen LogP contribution < -0.4 is 5.56 Å². The number of hydrogen-bond acceptors (Lipinski definition) is 4. The van der Waals surface area contributed by atoms with E-state index in [4.69, 9.17) is 5.11 Å². The Labute approximate surface area is 82.3 Å². The molecule has 0 fully saturated rings. The fourth-order valence-electron chi connectivity index (χ4n) is 1.26. The molecule has 0 radical (unpaired) electrons. The molecule has 0 bridgehead atoms. The molecule has 14 heavy (non-hydrogen) atoms. The van der Waals surface area contributed by atoms with Crippen LogP contribution in [0.5, 0.6) is 0 Å². The zero-order valence-corrected chi connectivity index (χ0v) is 8.04. The quantitative estimate of drug-likeness (QED) is 0.754. The Morgan fingerprint density at radius 1 is 1.64 bits per heavy atom. The van der Waals surface area contributed by atoms with Crippen molar-refractivity contribution < 1.29 is 9.90 Å². The standard InChI is InChI=1S/C8H6N2O3S/c1-4-6(7(12)13)10-5(11)2-3-9-8(10)14-4/h2-3H,1H3,(H,12,13). The molecule has 2 aromatic heterocycles. The highest BCUT2D eigenvalue weighted by molar-refractivity contribution is 7.17. The Hall–Kier alpha value is -1.69. The first-order valence-corrected chi connectivity index (χ1v) is 4.63. The number of carboxylic acid groups (broad SMARTS) is 1. The van der Waals surface area contributed by atoms with Gasteiger partial charge in [-0.05, 0) is 6.92 Å². The van der Waals surface area contributed by atoms with Crippen molar-refractivity contribution in [1.82, 2.24) is 9.38 Å². The van der Waals surface area contributed by atoms with Gasteiger partial charge in [-0.2, -0.15) is 0 Å². The summed E-state index contributed by atoms with van der Waals surface area (Å²) in [4.78, 5) is 27.2. The maximum Gasteiger partial charge on any atom is 0.354 e. The monoisotopic (exact) mass is 210 g/mol. The van der Waals surface area contributed by atoms with Gasteiger partial charge in [0, 0.05) is 17.1 Å². The lowest BCUT2D eigenvalue weighted by Crippen LogP contribution is -2.17. The first kappa shape index (κ1) is 8.89. The predicted molar refractivity (Wildman–Crippen MR) is 51.0 cm³/mol. The average molecular weight is 210 g/mol. The van der Waals surface area contributed by atoms with Crippen molar-refractivity contribution in [2.45, 2.75) is 6.92 Å². The van der Waals surface area contributed by atoms with E-state index in [1.165, 1.54) is 23.6 Å². The molecule has 2 heterocycles. The van der Waals surface area contributed by atoms with Gasteiger partial charge in [0.05, 0.1) is 0 Å². The molecule has 1 N–H and O–H groups in total. The maximum atomic E-state index is 11.4. The van der Waals surface area contributed by atoms with E-state index < -0.39 is 5.97 Å². The molecule has 0 saturated heterocycles. The van der Waals surface area contributed by atoms with Crippen molar-refractivity contribution in [3.05, 3.63) is 33.2 Å². The number of aromatic nitrogens is 2. The average Bonchev–Trinajstić information content (AvgIpc) is 2.42. The molecule has 0 aliphatic carbocycles. The summed E-state index contributed by atoms with van der Waals surface area (Å²) in [5.41, 5.74) is -0.361. The van der Waals surface area contributed by atoms with Crippen molar-refractivity contribution in [1.29, 1.82) is 0 Å². The summed E-state index contributed by atoms with van der Waals surface area (Å²) in [5, 5.41) is 8.90. The molecule has 0 aliphatic heterocycles. The zero-order chi connectivity index (χ0) is 10.3. The van der Waals surface area contributed by atoms with Crippen molar-refractivity contribution in [3.63, 3.8) is 0 Å². The number of thiazole rings is 1. The van der Waals surface area contributed by atoms with Crippen LogP contribution in [0.1, 0.15) is 15.4 Å². The van der Waals surface area contributed by atoms with Crippen LogP contribution in [-0.2, 0) is 0 Å². The first-order valence-electron chi connectivity index (χ1n) is 3.81. The SMILES string of the molecule is Cc1sc2nccc(=O)n2c1C(=O)O. The third-order valence-electron chi connectivity index (χ3n) is 1.82. The number of aromatic carboxylic acids is 1. The number of fused-ring (bicyclic) bond motifs is 1. The van der Waals surface area contributed by atoms with Crippen LogP contribution in [0.4, 0.5) is 0 Å². The van der Waals surface area contributed by atoms with Crippen LogP contribution in [0, 0.1) is 6.92 Å². The van der Waals surface area contributed by atoms with Crippen molar-refractivity contribution >= 4 is 22.3 Å². The van der Waals surface area contributed by atoms with Crippen LogP contribution in [0.25, 0.3) is 4.96 Å². The predicted octanol–water partition coefficient (Wildman–Crippen LogP) is 0.763. The molecule has 0 saturated carbocycles. The minimum Gasteiger partial charge on any atom is -0.477 e. The number of aryl methyl sites for hydroxylation is 1. The molecule has 0 aromatic carbocycles. The molecule has 0 aliphatic rings. The fourth-order valence-corrected chi connectivity index (χ4v) is 2.19. The molecule has 0 atom stereocenters. The minimum atomic E-state index is -1.11. The molecule has 6 heteroatoms. The summed E-state index contributed by atoms with van der Waals surface area (Å²) in [6.45, 7) is 1.65. The van der Waals surface area contributed by atoms with Gasteiger partial charge in [-0.15, -0.1) is 11.3 Å². The number of nitrogens with zero attached hydrogens (tertiary/aromatic N) is 2. The molecule has 5 nitrogen and oxygen atoms in total. The Balaban J connectivity index is 3.01. The molecule has 0 amide bonds. The normalized spacial score (nSPS) is 10.6. The topological polar surface area (TPSA) is 71.7 Å². The van der Waals surface area contributed by atoms with Crippen LogP contribution >= 0.6 is 11.3 Å². The second-order valence-electron chi connectivity index (χ2n) is 2.71. The molecular weight excluding hydrogens is 204 g/mol. The highest BCUT2D eigenvalue weighted by Crippen LogP contribution is 2.18. The van der Waals surface area contributed by atoms with Crippen molar-refractivity contribution in [2.24, 2.45) is 0 Å². The molecule has 2 rings (SSSR count). The van der Waals surface area contributed by atoms with E-state index in [0.29, 0.717) is 9.84 Å². The van der Waals surface area contributed by atoms with Gasteiger partial charge in [0.2, 0.25) is 0 Å². The van der Waals surface area contributed by atoms with Gasteiger partial charge in [0.1, 0.15) is 5.69 Å². The lowest BCUT2D eigenvalue weighted by Gasteiger charge is -1.94. The van der Waals surface area contributed by atoms with Gasteiger partial charge in [-0.1, -0.05) is 0 Å². The highest BCUT2D eigenvalue weighted by Gasteiger charge is 2.16. The molecular formula is C8H6N2O3S. The van der Waals surface area contributed by atoms with Gasteiger partial charge < -0.3 is 5.11 Å². The van der Waals surface area contributed by atoms with E-state index in [1.807, 2.05) is 0 Å². The Bertz CT molecular complexity index is 569. The van der Waals surface area contributed by atoms with Crippen LogP contribution in [-0.4, -0.2) is 20.5 Å². The summed E-state index contributed by atoms with van der Waals surface area (Å²) in [6, 6.07) is 1.24. The van der Waals surface area contributed by atoms with Gasteiger partial charge in [-0.3, -0.25) is 4.79 Å². The number of rotatable bonds is 1. The van der Waals surface area contributed by atoms with Crippen LogP contribution in [0.15, 0.2) is 17.1 Å². The molecule has 2 aromatic rings. The van der Waals surface area contributed by atoms with E-state index in [-0.39, 0.29) is 11.3 Å². The summed E-state index contributed by atoms with van der Waals surface area (Å²) in [6.07, 6.45) is 1.37. The highest BCUT2D eigenvalue weighted by atomic mass is 32.1. The molecule has 72 valence electrons. The molecule has 0 spiro atoms. The Morgan fingerprint density at radius 3 is 3.00 bits per heavy atom. The van der Waals surface area contributed by atoms with Crippen LogP contribution in [0.2, 0.25) is 0 Å². The van der Waals surface area contributed by atoms with Crippen LogP contribution in [0.3, 0.4) is 0 Å². The van der Waals surface area contributed by atoms with E-state index in [9.17, 15) is 9.59 Å². The van der Waals surface area contributed by atoms with Crippen molar-refractivity contribution in [3.8, 4) is 0 Å². The van der Waals surface area contributed by atoms with E-state index in [2.05, 4.69) is 4.98 Å². The van der Waals surface area contributed by atoms with Gasteiger partial charge in [0.15, 0.2) is 4.96 Å². The van der Waals surface area contributed by atoms with Gasteiger partial charge in [0.25, 0.3) is 5.56 Å². The van der Waals surface area contributed by atoms with E-state index >= 15 is 0 Å². The second kappa shape index (κ2) is 2.91. The number of hydrogen-bond donors (Lipinski definition) is 1. The molecule has 0 unspecified atom stereocenters. The lowest BCUT2D eigenvalue weighted by atomic mass is 10.4. The number of carboxylic acids is 1. The van der Waals surface area contributed by atoms with Gasteiger partial charge >= 0.3 is 5.97 Å². The summed E-state index contributed by atoms with van der Waals surface area (Å²) in [5.74, 6) is -1.11. The van der Waals surface area contributed by atoms with E-state index in [1.54, 1.807) is 6.92 Å². The van der Waals surface area contributed by atoms with Crippen molar-refractivity contribution in [2.75, 3.05) is 0 Å². The summed E-state index contributed by atoms with van der Waals surface area (Å²) < 4.78 is 1.11. The Kier molecular flexibility index (Phi) is 1.85. The third-order valence-corrected chi connectivity index (χ3v) is 2.79.